The van der Waals surface area contributed by atoms with E-state index in [1.807, 2.05) is 0 Å². The Kier molecular flexibility index (Phi) is 8.09. The Hall–Kier alpha value is -0.600. The molecule has 1 nitrogen and oxygen atoms in total. The van der Waals surface area contributed by atoms with E-state index in [2.05, 4.69) is 29.7 Å². The molecule has 0 amide bonds. The lowest BCUT2D eigenvalue weighted by atomic mass is 10.1. The Morgan fingerprint density at radius 3 is 2.50 bits per heavy atom. The highest BCUT2D eigenvalue weighted by atomic mass is 32.1. The molecule has 1 rings (SSSR count). The Morgan fingerprint density at radius 1 is 1.06 bits per heavy atom. The molecule has 0 saturated carbocycles. The first-order valence-electron chi connectivity index (χ1n) is 6.24. The number of unbranched alkanes of at least 4 members (excludes halogenated alkanes) is 6. The van der Waals surface area contributed by atoms with Gasteiger partial charge in [-0.2, -0.15) is 0 Å². The maximum Gasteiger partial charge on any atom is 0.0431 e. The van der Waals surface area contributed by atoms with Gasteiger partial charge in [-0.05, 0) is 36.8 Å². The van der Waals surface area contributed by atoms with Crippen LogP contribution in [-0.4, -0.2) is 11.7 Å². The topological polar surface area (TPSA) is 20.2 Å². The van der Waals surface area contributed by atoms with Gasteiger partial charge in [0.1, 0.15) is 0 Å². The lowest BCUT2D eigenvalue weighted by Gasteiger charge is -1.98. The zero-order valence-electron chi connectivity index (χ0n) is 9.90. The van der Waals surface area contributed by atoms with Crippen molar-refractivity contribution >= 4 is 17.4 Å². The summed E-state index contributed by atoms with van der Waals surface area (Å²) in [5, 5.41) is 10.7. The summed E-state index contributed by atoms with van der Waals surface area (Å²) in [6, 6.07) is 4.24. The molecule has 1 N–H and O–H groups in total. The second-order valence-corrected chi connectivity index (χ2v) is 5.03. The fourth-order valence-electron chi connectivity index (χ4n) is 1.67. The van der Waals surface area contributed by atoms with Crippen LogP contribution in [0.1, 0.15) is 49.8 Å². The zero-order chi connectivity index (χ0) is 11.5. The van der Waals surface area contributed by atoms with Crippen LogP contribution in [0.2, 0.25) is 0 Å². The molecular formula is C14H22OS. The minimum Gasteiger partial charge on any atom is -0.396 e. The van der Waals surface area contributed by atoms with Gasteiger partial charge >= 0.3 is 0 Å². The second-order valence-electron chi connectivity index (χ2n) is 4.05. The number of thiophene rings is 1. The van der Waals surface area contributed by atoms with Crippen LogP contribution in [0.3, 0.4) is 0 Å². The van der Waals surface area contributed by atoms with E-state index in [0.717, 1.165) is 6.42 Å². The molecule has 0 saturated heterocycles. The van der Waals surface area contributed by atoms with E-state index in [4.69, 9.17) is 5.11 Å². The van der Waals surface area contributed by atoms with Crippen LogP contribution in [-0.2, 0) is 0 Å². The minimum absolute atomic E-state index is 0.351. The first kappa shape index (κ1) is 13.5. The minimum atomic E-state index is 0.351. The predicted octanol–water partition coefficient (Wildman–Crippen LogP) is 4.48. The highest BCUT2D eigenvalue weighted by Gasteiger charge is 1.90. The van der Waals surface area contributed by atoms with E-state index in [9.17, 15) is 0 Å². The average Bonchev–Trinajstić information content (AvgIpc) is 2.80. The van der Waals surface area contributed by atoms with Crippen LogP contribution < -0.4 is 0 Å². The Balaban J connectivity index is 1.88. The number of aliphatic hydroxyl groups excluding tert-OH is 1. The van der Waals surface area contributed by atoms with Gasteiger partial charge in [-0.25, -0.2) is 0 Å². The van der Waals surface area contributed by atoms with Gasteiger partial charge in [0.15, 0.2) is 0 Å². The molecule has 2 heteroatoms. The van der Waals surface area contributed by atoms with Crippen LogP contribution in [0.4, 0.5) is 0 Å². The van der Waals surface area contributed by atoms with E-state index in [0.29, 0.717) is 6.61 Å². The maximum absolute atomic E-state index is 8.62. The molecule has 1 aromatic rings. The molecule has 0 radical (unpaired) electrons. The van der Waals surface area contributed by atoms with Crippen molar-refractivity contribution in [3.05, 3.63) is 28.5 Å². The number of aliphatic hydroxyl groups is 1. The number of hydrogen-bond acceptors (Lipinski definition) is 2. The molecule has 0 spiro atoms. The smallest absolute Gasteiger partial charge is 0.0431 e. The Bertz CT molecular complexity index is 264. The molecule has 1 aromatic heterocycles. The van der Waals surface area contributed by atoms with Crippen molar-refractivity contribution in [1.82, 2.24) is 0 Å². The first-order valence-corrected chi connectivity index (χ1v) is 7.12. The summed E-state index contributed by atoms with van der Waals surface area (Å²) in [5.74, 6) is 0. The third-order valence-electron chi connectivity index (χ3n) is 2.60. The summed E-state index contributed by atoms with van der Waals surface area (Å²) in [5.41, 5.74) is 0. The number of hydrogen-bond donors (Lipinski definition) is 1. The van der Waals surface area contributed by atoms with Crippen molar-refractivity contribution < 1.29 is 5.11 Å². The lowest BCUT2D eigenvalue weighted by molar-refractivity contribution is 0.282. The van der Waals surface area contributed by atoms with Gasteiger partial charge in [-0.1, -0.05) is 37.8 Å². The normalized spacial score (nSPS) is 11.3. The van der Waals surface area contributed by atoms with E-state index in [1.54, 1.807) is 11.3 Å². The molecule has 0 atom stereocenters. The Morgan fingerprint density at radius 2 is 1.81 bits per heavy atom. The molecule has 1 heterocycles. The van der Waals surface area contributed by atoms with Gasteiger partial charge in [-0.3, -0.25) is 0 Å². The van der Waals surface area contributed by atoms with Crippen LogP contribution >= 0.6 is 11.3 Å². The van der Waals surface area contributed by atoms with Crippen LogP contribution in [0.25, 0.3) is 6.08 Å². The summed E-state index contributed by atoms with van der Waals surface area (Å²) in [6.45, 7) is 0.351. The average molecular weight is 238 g/mol. The zero-order valence-corrected chi connectivity index (χ0v) is 10.7. The van der Waals surface area contributed by atoms with E-state index < -0.39 is 0 Å². The van der Waals surface area contributed by atoms with Crippen molar-refractivity contribution in [1.29, 1.82) is 0 Å². The molecule has 0 bridgehead atoms. The van der Waals surface area contributed by atoms with Gasteiger partial charge in [0, 0.05) is 11.5 Å². The number of allylic oxidation sites excluding steroid dienone is 1. The Labute approximate surface area is 103 Å². The summed E-state index contributed by atoms with van der Waals surface area (Å²) >= 11 is 1.79. The summed E-state index contributed by atoms with van der Waals surface area (Å²) in [7, 11) is 0. The summed E-state index contributed by atoms with van der Waals surface area (Å²) in [6.07, 6.45) is 13.0. The quantitative estimate of drug-likeness (QED) is 0.629. The fourth-order valence-corrected chi connectivity index (χ4v) is 2.31. The van der Waals surface area contributed by atoms with E-state index in [1.165, 1.54) is 43.4 Å². The standard InChI is InChI=1S/C14H22OS/c15-12-8-6-4-2-1-3-5-7-10-14-11-9-13-16-14/h7,9-11,13,15H,1-6,8,12H2. The molecule has 90 valence electrons. The van der Waals surface area contributed by atoms with Crippen molar-refractivity contribution in [2.75, 3.05) is 6.61 Å². The SMILES string of the molecule is OCCCCCCCCC=Cc1cccs1. The van der Waals surface area contributed by atoms with Crippen LogP contribution in [0.15, 0.2) is 23.6 Å². The first-order chi connectivity index (χ1) is 7.93. The molecule has 0 fully saturated rings. The summed E-state index contributed by atoms with van der Waals surface area (Å²) < 4.78 is 0. The van der Waals surface area contributed by atoms with Gasteiger partial charge in [0.05, 0.1) is 0 Å². The van der Waals surface area contributed by atoms with Gasteiger partial charge in [0.25, 0.3) is 0 Å². The third-order valence-corrected chi connectivity index (χ3v) is 3.44. The van der Waals surface area contributed by atoms with E-state index in [-0.39, 0.29) is 0 Å². The fraction of sp³-hybridized carbons (Fsp3) is 0.571. The maximum atomic E-state index is 8.62. The van der Waals surface area contributed by atoms with Gasteiger partial charge in [0.2, 0.25) is 0 Å². The second kappa shape index (κ2) is 9.61. The van der Waals surface area contributed by atoms with E-state index >= 15 is 0 Å². The van der Waals surface area contributed by atoms with Gasteiger partial charge in [-0.15, -0.1) is 11.3 Å². The predicted molar refractivity (Wildman–Crippen MR) is 72.8 cm³/mol. The molecular weight excluding hydrogens is 216 g/mol. The monoisotopic (exact) mass is 238 g/mol. The van der Waals surface area contributed by atoms with Crippen molar-refractivity contribution in [2.24, 2.45) is 0 Å². The van der Waals surface area contributed by atoms with Crippen molar-refractivity contribution in [2.45, 2.75) is 44.9 Å². The largest absolute Gasteiger partial charge is 0.396 e. The van der Waals surface area contributed by atoms with Crippen molar-refractivity contribution in [3.63, 3.8) is 0 Å². The van der Waals surface area contributed by atoms with Crippen LogP contribution in [0.5, 0.6) is 0 Å². The molecule has 0 aromatic carbocycles. The summed E-state index contributed by atoms with van der Waals surface area (Å²) in [4.78, 5) is 1.35. The number of rotatable bonds is 9. The molecule has 0 aliphatic heterocycles. The lowest BCUT2D eigenvalue weighted by Crippen LogP contribution is -1.83. The third kappa shape index (κ3) is 6.81. The molecule has 0 aliphatic rings. The molecule has 0 aliphatic carbocycles. The van der Waals surface area contributed by atoms with Crippen molar-refractivity contribution in [3.8, 4) is 0 Å². The van der Waals surface area contributed by atoms with Crippen LogP contribution in [0, 0.1) is 0 Å². The molecule has 0 unspecified atom stereocenters. The highest BCUT2D eigenvalue weighted by Crippen LogP contribution is 2.12. The molecule has 16 heavy (non-hydrogen) atoms. The highest BCUT2D eigenvalue weighted by molar-refractivity contribution is 7.10. The van der Waals surface area contributed by atoms with Gasteiger partial charge < -0.3 is 5.11 Å².